The molecule has 5 heteroatoms. The van der Waals surface area contributed by atoms with E-state index in [1.165, 1.54) is 7.11 Å². The first kappa shape index (κ1) is 14.0. The topological polar surface area (TPSA) is 47.6 Å². The number of halogens is 1. The van der Waals surface area contributed by atoms with Gasteiger partial charge in [-0.05, 0) is 17.7 Å². The number of carbonyl (C=O) groups is 1. The van der Waals surface area contributed by atoms with Crippen LogP contribution in [0.4, 0.5) is 0 Å². The molecule has 1 atom stereocenters. The van der Waals surface area contributed by atoms with Crippen LogP contribution in [-0.2, 0) is 14.3 Å². The Balaban J connectivity index is 2.78. The zero-order valence-corrected chi connectivity index (χ0v) is 10.7. The van der Waals surface area contributed by atoms with Crippen LogP contribution in [0.2, 0.25) is 5.02 Å². The number of esters is 1. The maximum absolute atomic E-state index is 11.6. The summed E-state index contributed by atoms with van der Waals surface area (Å²) < 4.78 is 9.68. The van der Waals surface area contributed by atoms with Gasteiger partial charge < -0.3 is 9.47 Å². The number of hydrogen-bond acceptors (Lipinski definition) is 4. The van der Waals surface area contributed by atoms with E-state index < -0.39 is 6.04 Å². The Labute approximate surface area is 106 Å². The lowest BCUT2D eigenvalue weighted by Crippen LogP contribution is -2.31. The predicted molar refractivity (Wildman–Crippen MR) is 66.1 cm³/mol. The molecule has 0 aromatic heterocycles. The molecule has 17 heavy (non-hydrogen) atoms. The summed E-state index contributed by atoms with van der Waals surface area (Å²) in [5.41, 5.74) is 0.778. The molecular weight excluding hydrogens is 242 g/mol. The van der Waals surface area contributed by atoms with Crippen molar-refractivity contribution < 1.29 is 14.3 Å². The number of nitrogens with one attached hydrogen (secondary N) is 1. The smallest absolute Gasteiger partial charge is 0.327 e. The minimum Gasteiger partial charge on any atom is -0.468 e. The highest BCUT2D eigenvalue weighted by Gasteiger charge is 2.20. The van der Waals surface area contributed by atoms with Gasteiger partial charge in [0.25, 0.3) is 0 Å². The van der Waals surface area contributed by atoms with E-state index in [-0.39, 0.29) is 5.97 Å². The first-order valence-corrected chi connectivity index (χ1v) is 5.62. The van der Waals surface area contributed by atoms with E-state index in [1.807, 2.05) is 6.07 Å². The number of hydrogen-bond donors (Lipinski definition) is 1. The molecule has 0 saturated heterocycles. The first-order valence-electron chi connectivity index (χ1n) is 5.24. The van der Waals surface area contributed by atoms with E-state index in [1.54, 1.807) is 25.3 Å². The van der Waals surface area contributed by atoms with Crippen LogP contribution in [-0.4, -0.2) is 33.3 Å². The van der Waals surface area contributed by atoms with Gasteiger partial charge in [0.05, 0.1) is 13.7 Å². The van der Waals surface area contributed by atoms with E-state index in [4.69, 9.17) is 21.1 Å². The highest BCUT2D eigenvalue weighted by Crippen LogP contribution is 2.18. The van der Waals surface area contributed by atoms with Crippen LogP contribution in [0, 0.1) is 0 Å². The maximum atomic E-state index is 11.6. The van der Waals surface area contributed by atoms with Gasteiger partial charge in [0, 0.05) is 18.7 Å². The van der Waals surface area contributed by atoms with E-state index in [2.05, 4.69) is 5.32 Å². The molecule has 0 radical (unpaired) electrons. The monoisotopic (exact) mass is 257 g/mol. The summed E-state index contributed by atoms with van der Waals surface area (Å²) in [7, 11) is 2.96. The molecule has 0 aliphatic heterocycles. The van der Waals surface area contributed by atoms with Crippen LogP contribution >= 0.6 is 11.6 Å². The Morgan fingerprint density at radius 1 is 1.47 bits per heavy atom. The fourth-order valence-corrected chi connectivity index (χ4v) is 1.65. The lowest BCUT2D eigenvalue weighted by Gasteiger charge is -2.16. The van der Waals surface area contributed by atoms with E-state index in [0.29, 0.717) is 18.2 Å². The Morgan fingerprint density at radius 2 is 2.24 bits per heavy atom. The molecule has 1 aromatic rings. The Morgan fingerprint density at radius 3 is 2.82 bits per heavy atom. The van der Waals surface area contributed by atoms with Gasteiger partial charge in [0.1, 0.15) is 6.04 Å². The molecule has 1 unspecified atom stereocenters. The summed E-state index contributed by atoms with van der Waals surface area (Å²) in [4.78, 5) is 11.6. The van der Waals surface area contributed by atoms with Crippen molar-refractivity contribution in [2.75, 3.05) is 27.4 Å². The Bertz CT molecular complexity index is 371. The number of benzene rings is 1. The normalized spacial score (nSPS) is 12.2. The van der Waals surface area contributed by atoms with Crippen molar-refractivity contribution >= 4 is 17.6 Å². The number of rotatable bonds is 6. The molecule has 0 fully saturated rings. The number of ether oxygens (including phenoxy) is 2. The van der Waals surface area contributed by atoms with Gasteiger partial charge >= 0.3 is 5.97 Å². The zero-order chi connectivity index (χ0) is 12.7. The van der Waals surface area contributed by atoms with Gasteiger partial charge in [-0.2, -0.15) is 0 Å². The third-order valence-corrected chi connectivity index (χ3v) is 2.51. The molecule has 4 nitrogen and oxygen atoms in total. The fraction of sp³-hybridized carbons (Fsp3) is 0.417. The van der Waals surface area contributed by atoms with Crippen LogP contribution in [0.25, 0.3) is 0 Å². The Kier molecular flexibility index (Phi) is 5.97. The highest BCUT2D eigenvalue weighted by molar-refractivity contribution is 6.30. The maximum Gasteiger partial charge on any atom is 0.327 e. The van der Waals surface area contributed by atoms with Crippen molar-refractivity contribution in [3.8, 4) is 0 Å². The van der Waals surface area contributed by atoms with Gasteiger partial charge in [-0.15, -0.1) is 0 Å². The van der Waals surface area contributed by atoms with Gasteiger partial charge in [-0.1, -0.05) is 23.7 Å². The molecule has 0 aliphatic rings. The van der Waals surface area contributed by atoms with Crippen molar-refractivity contribution in [1.82, 2.24) is 5.32 Å². The first-order chi connectivity index (χ1) is 8.19. The molecule has 0 saturated carbocycles. The third kappa shape index (κ3) is 4.34. The average molecular weight is 258 g/mol. The quantitative estimate of drug-likeness (QED) is 0.624. The lowest BCUT2D eigenvalue weighted by atomic mass is 10.1. The summed E-state index contributed by atoms with van der Waals surface area (Å²) in [5.74, 6) is -0.344. The second kappa shape index (κ2) is 7.27. The molecule has 0 bridgehead atoms. The summed E-state index contributed by atoms with van der Waals surface area (Å²) in [5, 5.41) is 3.64. The molecule has 0 amide bonds. The summed E-state index contributed by atoms with van der Waals surface area (Å²) in [6, 6.07) is 6.60. The summed E-state index contributed by atoms with van der Waals surface area (Å²) in [6.07, 6.45) is 0. The fourth-order valence-electron chi connectivity index (χ4n) is 1.45. The Hall–Kier alpha value is -1.10. The SMILES string of the molecule is COCCNC(C(=O)OC)c1cccc(Cl)c1. The van der Waals surface area contributed by atoms with Crippen LogP contribution in [0.3, 0.4) is 0 Å². The van der Waals surface area contributed by atoms with Crippen LogP contribution in [0.15, 0.2) is 24.3 Å². The minimum atomic E-state index is -0.520. The molecule has 94 valence electrons. The van der Waals surface area contributed by atoms with Crippen molar-refractivity contribution in [3.63, 3.8) is 0 Å². The van der Waals surface area contributed by atoms with Crippen molar-refractivity contribution in [1.29, 1.82) is 0 Å². The van der Waals surface area contributed by atoms with Crippen LogP contribution < -0.4 is 5.32 Å². The van der Waals surface area contributed by atoms with Gasteiger partial charge in [0.2, 0.25) is 0 Å². The molecule has 1 aromatic carbocycles. The minimum absolute atomic E-state index is 0.344. The van der Waals surface area contributed by atoms with E-state index >= 15 is 0 Å². The molecule has 1 rings (SSSR count). The second-order valence-electron chi connectivity index (χ2n) is 3.46. The van der Waals surface area contributed by atoms with Crippen molar-refractivity contribution in [3.05, 3.63) is 34.9 Å². The highest BCUT2D eigenvalue weighted by atomic mass is 35.5. The zero-order valence-electron chi connectivity index (χ0n) is 9.90. The van der Waals surface area contributed by atoms with E-state index in [9.17, 15) is 4.79 Å². The van der Waals surface area contributed by atoms with Gasteiger partial charge in [-0.25, -0.2) is 4.79 Å². The summed E-state index contributed by atoms with van der Waals surface area (Å²) in [6.45, 7) is 1.08. The third-order valence-electron chi connectivity index (χ3n) is 2.27. The molecule has 0 aliphatic carbocycles. The van der Waals surface area contributed by atoms with Crippen LogP contribution in [0.5, 0.6) is 0 Å². The summed E-state index contributed by atoms with van der Waals surface area (Å²) >= 11 is 5.89. The predicted octanol–water partition coefficient (Wildman–Crippen LogP) is 1.79. The lowest BCUT2D eigenvalue weighted by molar-refractivity contribution is -0.143. The molecule has 1 N–H and O–H groups in total. The van der Waals surface area contributed by atoms with E-state index in [0.717, 1.165) is 5.56 Å². The van der Waals surface area contributed by atoms with Crippen molar-refractivity contribution in [2.45, 2.75) is 6.04 Å². The second-order valence-corrected chi connectivity index (χ2v) is 3.89. The number of methoxy groups -OCH3 is 2. The van der Waals surface area contributed by atoms with Gasteiger partial charge in [-0.3, -0.25) is 5.32 Å². The molecule has 0 heterocycles. The van der Waals surface area contributed by atoms with Gasteiger partial charge in [0.15, 0.2) is 0 Å². The standard InChI is InChI=1S/C12H16ClNO3/c1-16-7-6-14-11(12(15)17-2)9-4-3-5-10(13)8-9/h3-5,8,11,14H,6-7H2,1-2H3. The molecule has 0 spiro atoms. The number of carbonyl (C=O) groups excluding carboxylic acids is 1. The van der Waals surface area contributed by atoms with Crippen molar-refractivity contribution in [2.24, 2.45) is 0 Å². The average Bonchev–Trinajstić information content (AvgIpc) is 2.34. The largest absolute Gasteiger partial charge is 0.468 e. The molecular formula is C12H16ClNO3. The van der Waals surface area contributed by atoms with Crippen LogP contribution in [0.1, 0.15) is 11.6 Å².